The van der Waals surface area contributed by atoms with Gasteiger partial charge in [-0.15, -0.1) is 0 Å². The zero-order valence-electron chi connectivity index (χ0n) is 22.3. The molecule has 0 radical (unpaired) electrons. The fourth-order valence-corrected chi connectivity index (χ4v) is 4.89. The zero-order valence-corrected chi connectivity index (χ0v) is 23.2. The summed E-state index contributed by atoms with van der Waals surface area (Å²) in [4.78, 5) is 53.1. The van der Waals surface area contributed by atoms with E-state index in [9.17, 15) is 19.2 Å². The molecule has 12 heteroatoms. The Labute approximate surface area is 236 Å². The molecular formula is C28H31N3O8S. The van der Waals surface area contributed by atoms with Gasteiger partial charge >= 0.3 is 5.97 Å². The first kappa shape index (κ1) is 29.0. The molecule has 2 heterocycles. The number of thioether (sulfide) groups is 1. The van der Waals surface area contributed by atoms with Crippen LogP contribution < -0.4 is 19.7 Å². The Morgan fingerprint density at radius 3 is 2.45 bits per heavy atom. The second-order valence-electron chi connectivity index (χ2n) is 8.70. The number of hydrogen-bond acceptors (Lipinski definition) is 10. The molecule has 40 heavy (non-hydrogen) atoms. The molecule has 11 nitrogen and oxygen atoms in total. The van der Waals surface area contributed by atoms with E-state index < -0.39 is 29.6 Å². The molecule has 4 rings (SSSR count). The van der Waals surface area contributed by atoms with Crippen molar-refractivity contribution in [2.75, 3.05) is 62.9 Å². The molecule has 2 aromatic carbocycles. The molecule has 2 aromatic rings. The largest absolute Gasteiger partial charge is 0.490 e. The summed E-state index contributed by atoms with van der Waals surface area (Å²) in [5.41, 5.74) is 2.18. The average molecular weight is 570 g/mol. The predicted molar refractivity (Wildman–Crippen MR) is 151 cm³/mol. The van der Waals surface area contributed by atoms with E-state index in [2.05, 4.69) is 10.2 Å². The van der Waals surface area contributed by atoms with E-state index in [1.54, 1.807) is 50.3 Å². The van der Waals surface area contributed by atoms with Crippen LogP contribution in [-0.2, 0) is 23.9 Å². The highest BCUT2D eigenvalue weighted by molar-refractivity contribution is 8.18. The summed E-state index contributed by atoms with van der Waals surface area (Å²) in [6.45, 7) is 6.39. The van der Waals surface area contributed by atoms with Crippen LogP contribution in [0.2, 0.25) is 0 Å². The Kier molecular flexibility index (Phi) is 10.0. The lowest BCUT2D eigenvalue weighted by Crippen LogP contribution is -2.36. The molecule has 0 aliphatic carbocycles. The fourth-order valence-electron chi connectivity index (χ4n) is 4.05. The van der Waals surface area contributed by atoms with Crippen molar-refractivity contribution < 1.29 is 38.1 Å². The summed E-state index contributed by atoms with van der Waals surface area (Å²) in [6.07, 6.45) is 1.55. The van der Waals surface area contributed by atoms with Crippen LogP contribution in [-0.4, -0.2) is 80.6 Å². The number of hydrogen-bond donors (Lipinski definition) is 1. The van der Waals surface area contributed by atoms with Crippen molar-refractivity contribution >= 4 is 52.2 Å². The second-order valence-corrected chi connectivity index (χ2v) is 9.69. The maximum Gasteiger partial charge on any atom is 0.344 e. The van der Waals surface area contributed by atoms with Gasteiger partial charge in [0.05, 0.1) is 31.3 Å². The Hall–Kier alpha value is -4.03. The fraction of sp³-hybridized carbons (Fsp3) is 0.357. The summed E-state index contributed by atoms with van der Waals surface area (Å²) in [5.74, 6) is -0.830. The third-order valence-electron chi connectivity index (χ3n) is 5.92. The number of esters is 1. The number of carbonyl (C=O) groups excluding carboxylic acids is 4. The van der Waals surface area contributed by atoms with Gasteiger partial charge in [0.25, 0.3) is 11.1 Å². The number of nitrogens with zero attached hydrogens (tertiary/aromatic N) is 2. The van der Waals surface area contributed by atoms with Gasteiger partial charge in [0.2, 0.25) is 5.91 Å². The third-order valence-corrected chi connectivity index (χ3v) is 6.83. The first-order valence-corrected chi connectivity index (χ1v) is 13.7. The molecule has 2 saturated heterocycles. The molecule has 0 unspecified atom stereocenters. The van der Waals surface area contributed by atoms with Gasteiger partial charge in [-0.3, -0.25) is 19.3 Å². The van der Waals surface area contributed by atoms with Crippen LogP contribution in [0.3, 0.4) is 0 Å². The SMILES string of the molecule is CCOC(=O)COc1ccc(/C=C2\SC(=O)N(CC(=O)Nc3ccc(N4CCOCC4)cc3)C2=O)cc1OCC. The smallest absolute Gasteiger partial charge is 0.344 e. The molecule has 2 aliphatic heterocycles. The minimum Gasteiger partial charge on any atom is -0.490 e. The van der Waals surface area contributed by atoms with Gasteiger partial charge in [0.15, 0.2) is 18.1 Å². The van der Waals surface area contributed by atoms with Crippen LogP contribution in [0.25, 0.3) is 6.08 Å². The Morgan fingerprint density at radius 1 is 1.00 bits per heavy atom. The van der Waals surface area contributed by atoms with Crippen molar-refractivity contribution in [3.63, 3.8) is 0 Å². The van der Waals surface area contributed by atoms with Gasteiger partial charge in [-0.1, -0.05) is 6.07 Å². The van der Waals surface area contributed by atoms with Crippen molar-refractivity contribution in [2.24, 2.45) is 0 Å². The monoisotopic (exact) mass is 569 g/mol. The van der Waals surface area contributed by atoms with E-state index in [1.165, 1.54) is 0 Å². The molecule has 212 valence electrons. The second kappa shape index (κ2) is 13.9. The molecule has 3 amide bonds. The molecule has 0 aromatic heterocycles. The van der Waals surface area contributed by atoms with E-state index in [4.69, 9.17) is 18.9 Å². The Bertz CT molecular complexity index is 1270. The lowest BCUT2D eigenvalue weighted by Gasteiger charge is -2.28. The summed E-state index contributed by atoms with van der Waals surface area (Å²) < 4.78 is 21.4. The van der Waals surface area contributed by atoms with Gasteiger partial charge in [-0.05, 0) is 73.6 Å². The highest BCUT2D eigenvalue weighted by Crippen LogP contribution is 2.34. The van der Waals surface area contributed by atoms with Crippen LogP contribution in [0, 0.1) is 0 Å². The number of morpholine rings is 1. The predicted octanol–water partition coefficient (Wildman–Crippen LogP) is 3.54. The van der Waals surface area contributed by atoms with Crippen molar-refractivity contribution in [1.82, 2.24) is 4.90 Å². The maximum absolute atomic E-state index is 13.0. The quantitative estimate of drug-likeness (QED) is 0.317. The van der Waals surface area contributed by atoms with E-state index in [1.807, 2.05) is 12.1 Å². The Morgan fingerprint density at radius 2 is 1.75 bits per heavy atom. The number of nitrogens with one attached hydrogen (secondary N) is 1. The third kappa shape index (κ3) is 7.54. The number of benzene rings is 2. The molecule has 0 spiro atoms. The van der Waals surface area contributed by atoms with Crippen LogP contribution in [0.4, 0.5) is 16.2 Å². The van der Waals surface area contributed by atoms with Gasteiger partial charge in [0, 0.05) is 24.5 Å². The molecular weight excluding hydrogens is 538 g/mol. The lowest BCUT2D eigenvalue weighted by atomic mass is 10.2. The molecule has 2 fully saturated rings. The average Bonchev–Trinajstić information content (AvgIpc) is 3.21. The Balaban J connectivity index is 1.37. The first-order chi connectivity index (χ1) is 19.4. The van der Waals surface area contributed by atoms with E-state index in [0.717, 1.165) is 35.4 Å². The number of amides is 3. The molecule has 0 bridgehead atoms. The van der Waals surface area contributed by atoms with Gasteiger partial charge < -0.3 is 29.2 Å². The van der Waals surface area contributed by atoms with Crippen molar-refractivity contribution in [1.29, 1.82) is 0 Å². The van der Waals surface area contributed by atoms with Crippen LogP contribution >= 0.6 is 11.8 Å². The summed E-state index contributed by atoms with van der Waals surface area (Å²) in [5, 5.41) is 2.21. The van der Waals surface area contributed by atoms with Crippen molar-refractivity contribution in [3.8, 4) is 11.5 Å². The van der Waals surface area contributed by atoms with E-state index >= 15 is 0 Å². The first-order valence-electron chi connectivity index (χ1n) is 12.9. The van der Waals surface area contributed by atoms with Gasteiger partial charge in [-0.2, -0.15) is 0 Å². The summed E-state index contributed by atoms with van der Waals surface area (Å²) >= 11 is 0.755. The topological polar surface area (TPSA) is 124 Å². The maximum atomic E-state index is 13.0. The van der Waals surface area contributed by atoms with Crippen LogP contribution in [0.15, 0.2) is 47.4 Å². The number of imide groups is 1. The van der Waals surface area contributed by atoms with Crippen LogP contribution in [0.1, 0.15) is 19.4 Å². The number of ether oxygens (including phenoxy) is 4. The molecule has 2 aliphatic rings. The summed E-state index contributed by atoms with van der Waals surface area (Å²) in [6, 6.07) is 12.3. The van der Waals surface area contributed by atoms with Crippen molar-refractivity contribution in [2.45, 2.75) is 13.8 Å². The van der Waals surface area contributed by atoms with Crippen molar-refractivity contribution in [3.05, 3.63) is 52.9 Å². The van der Waals surface area contributed by atoms with Gasteiger partial charge in [-0.25, -0.2) is 4.79 Å². The van der Waals surface area contributed by atoms with Gasteiger partial charge in [0.1, 0.15) is 6.54 Å². The number of anilines is 2. The lowest BCUT2D eigenvalue weighted by molar-refractivity contribution is -0.145. The normalized spacial score (nSPS) is 16.3. The molecule has 0 atom stereocenters. The highest BCUT2D eigenvalue weighted by Gasteiger charge is 2.36. The zero-order chi connectivity index (χ0) is 28.5. The number of carbonyl (C=O) groups is 4. The minimum atomic E-state index is -0.562. The molecule has 0 saturated carbocycles. The standard InChI is InChI=1S/C28H31N3O8S/c1-3-37-23-15-19(5-10-22(23)39-18-26(33)38-4-2)16-24-27(34)31(28(35)40-24)17-25(32)29-20-6-8-21(9-7-20)30-11-13-36-14-12-30/h5-10,15-16H,3-4,11-14,17-18H2,1-2H3,(H,29,32)/b24-16-. The minimum absolute atomic E-state index is 0.176. The highest BCUT2D eigenvalue weighted by atomic mass is 32.2. The van der Waals surface area contributed by atoms with E-state index in [-0.39, 0.29) is 18.1 Å². The molecule has 1 N–H and O–H groups in total. The summed E-state index contributed by atoms with van der Waals surface area (Å²) in [7, 11) is 0. The van der Waals surface area contributed by atoms with E-state index in [0.29, 0.717) is 42.6 Å². The van der Waals surface area contributed by atoms with Crippen LogP contribution in [0.5, 0.6) is 11.5 Å². The number of rotatable bonds is 11.